The molecule has 0 saturated carbocycles. The van der Waals surface area contributed by atoms with Gasteiger partial charge in [-0.2, -0.15) is 0 Å². The van der Waals surface area contributed by atoms with Gasteiger partial charge in [0.25, 0.3) is 0 Å². The van der Waals surface area contributed by atoms with Crippen molar-refractivity contribution >= 4 is 11.4 Å². The molecule has 0 bridgehead atoms. The molecule has 4 heteroatoms. The average molecular weight is 249 g/mol. The molecule has 4 nitrogen and oxygen atoms in total. The first-order valence-corrected chi connectivity index (χ1v) is 6.89. The number of pyridine rings is 1. The van der Waals surface area contributed by atoms with Gasteiger partial charge in [-0.1, -0.05) is 0 Å². The van der Waals surface area contributed by atoms with Crippen LogP contribution in [-0.2, 0) is 4.74 Å². The lowest BCUT2D eigenvalue weighted by Crippen LogP contribution is -2.39. The Balaban J connectivity index is 2.03. The quantitative estimate of drug-likeness (QED) is 0.870. The summed E-state index contributed by atoms with van der Waals surface area (Å²) in [5.74, 6) is 0. The van der Waals surface area contributed by atoms with E-state index in [0.29, 0.717) is 6.10 Å². The van der Waals surface area contributed by atoms with Gasteiger partial charge in [-0.25, -0.2) is 0 Å². The first-order chi connectivity index (χ1) is 8.83. The van der Waals surface area contributed by atoms with E-state index in [1.165, 1.54) is 18.5 Å². The number of hydrogen-bond donors (Lipinski definition) is 1. The molecule has 1 aliphatic rings. The van der Waals surface area contributed by atoms with E-state index < -0.39 is 0 Å². The lowest BCUT2D eigenvalue weighted by Gasteiger charge is -2.34. The molecule has 18 heavy (non-hydrogen) atoms. The van der Waals surface area contributed by atoms with Gasteiger partial charge in [0.2, 0.25) is 0 Å². The van der Waals surface area contributed by atoms with Crippen molar-refractivity contribution in [1.29, 1.82) is 0 Å². The summed E-state index contributed by atoms with van der Waals surface area (Å²) in [5, 5.41) is 3.30. The third-order valence-electron chi connectivity index (χ3n) is 3.25. The molecule has 0 spiro atoms. The van der Waals surface area contributed by atoms with Crippen molar-refractivity contribution in [2.24, 2.45) is 0 Å². The van der Waals surface area contributed by atoms with Crippen LogP contribution in [-0.4, -0.2) is 37.3 Å². The van der Waals surface area contributed by atoms with E-state index in [1.54, 1.807) is 0 Å². The minimum absolute atomic E-state index is 0.367. The number of hydrogen-bond acceptors (Lipinski definition) is 4. The van der Waals surface area contributed by atoms with E-state index in [4.69, 9.17) is 4.74 Å². The van der Waals surface area contributed by atoms with Crippen LogP contribution in [0, 0.1) is 0 Å². The Labute approximate surface area is 109 Å². The Hall–Kier alpha value is -1.29. The lowest BCUT2D eigenvalue weighted by molar-refractivity contribution is 0.0526. The maximum Gasteiger partial charge on any atom is 0.0750 e. The molecule has 0 radical (unpaired) electrons. The van der Waals surface area contributed by atoms with Crippen LogP contribution in [0.3, 0.4) is 0 Å². The van der Waals surface area contributed by atoms with Crippen LogP contribution >= 0.6 is 0 Å². The summed E-state index contributed by atoms with van der Waals surface area (Å²) >= 11 is 0. The number of ether oxygens (including phenoxy) is 1. The second-order valence-corrected chi connectivity index (χ2v) is 4.63. The van der Waals surface area contributed by atoms with Gasteiger partial charge < -0.3 is 15.0 Å². The van der Waals surface area contributed by atoms with Gasteiger partial charge in [0.05, 0.1) is 29.9 Å². The summed E-state index contributed by atoms with van der Waals surface area (Å²) in [4.78, 5) is 6.68. The molecule has 100 valence electrons. The molecule has 1 aromatic rings. The summed E-state index contributed by atoms with van der Waals surface area (Å²) < 4.78 is 5.73. The minimum atomic E-state index is 0.367. The Morgan fingerprint density at radius 1 is 1.44 bits per heavy atom. The summed E-state index contributed by atoms with van der Waals surface area (Å²) in [5.41, 5.74) is 2.28. The minimum Gasteiger partial charge on any atom is -0.384 e. The summed E-state index contributed by atoms with van der Waals surface area (Å²) in [6.07, 6.45) is 6.54. The number of rotatable bonds is 5. The lowest BCUT2D eigenvalue weighted by atomic mass is 10.1. The smallest absolute Gasteiger partial charge is 0.0750 e. The van der Waals surface area contributed by atoms with E-state index in [9.17, 15) is 0 Å². The van der Waals surface area contributed by atoms with Crippen molar-refractivity contribution < 1.29 is 4.74 Å². The zero-order valence-electron chi connectivity index (χ0n) is 11.4. The van der Waals surface area contributed by atoms with Crippen LogP contribution in [0.4, 0.5) is 11.4 Å². The van der Waals surface area contributed by atoms with Gasteiger partial charge in [-0.3, -0.25) is 4.98 Å². The zero-order chi connectivity index (χ0) is 12.8. The molecule has 1 aromatic heterocycles. The molecule has 1 saturated heterocycles. The molecular weight excluding hydrogens is 226 g/mol. The predicted octanol–water partition coefficient (Wildman–Crippen LogP) is 2.52. The number of anilines is 2. The van der Waals surface area contributed by atoms with Crippen molar-refractivity contribution in [2.75, 3.05) is 36.5 Å². The highest BCUT2D eigenvalue weighted by Gasteiger charge is 2.20. The summed E-state index contributed by atoms with van der Waals surface area (Å²) in [6.45, 7) is 7.96. The van der Waals surface area contributed by atoms with E-state index in [2.05, 4.69) is 35.1 Å². The molecule has 0 aliphatic carbocycles. The molecule has 0 amide bonds. The first-order valence-electron chi connectivity index (χ1n) is 6.89. The number of aromatic nitrogens is 1. The molecular formula is C14H23N3O. The average Bonchev–Trinajstić information content (AvgIpc) is 2.40. The monoisotopic (exact) mass is 249 g/mol. The van der Waals surface area contributed by atoms with Crippen LogP contribution in [0.5, 0.6) is 0 Å². The fourth-order valence-corrected chi connectivity index (χ4v) is 2.45. The highest BCUT2D eigenvalue weighted by atomic mass is 16.5. The fraction of sp³-hybridized carbons (Fsp3) is 0.643. The molecule has 1 N–H and O–H groups in total. The van der Waals surface area contributed by atoms with Crippen LogP contribution in [0.25, 0.3) is 0 Å². The van der Waals surface area contributed by atoms with Crippen LogP contribution in [0.15, 0.2) is 18.5 Å². The van der Waals surface area contributed by atoms with Crippen LogP contribution < -0.4 is 10.2 Å². The Morgan fingerprint density at radius 2 is 2.33 bits per heavy atom. The van der Waals surface area contributed by atoms with E-state index in [1.807, 2.05) is 12.4 Å². The predicted molar refractivity (Wildman–Crippen MR) is 75.3 cm³/mol. The van der Waals surface area contributed by atoms with Gasteiger partial charge in [-0.15, -0.1) is 0 Å². The number of nitrogens with one attached hydrogen (secondary N) is 1. The molecule has 1 unspecified atom stereocenters. The number of piperidine rings is 1. The molecule has 1 aliphatic heterocycles. The molecule has 2 rings (SSSR count). The zero-order valence-corrected chi connectivity index (χ0v) is 11.4. The summed E-state index contributed by atoms with van der Waals surface area (Å²) in [7, 11) is 0. The van der Waals surface area contributed by atoms with Crippen molar-refractivity contribution in [3.63, 3.8) is 0 Å². The maximum atomic E-state index is 5.73. The van der Waals surface area contributed by atoms with Gasteiger partial charge >= 0.3 is 0 Å². The van der Waals surface area contributed by atoms with E-state index >= 15 is 0 Å². The van der Waals surface area contributed by atoms with Crippen LogP contribution in [0.2, 0.25) is 0 Å². The van der Waals surface area contributed by atoms with Gasteiger partial charge in [0.15, 0.2) is 0 Å². The second kappa shape index (κ2) is 6.59. The second-order valence-electron chi connectivity index (χ2n) is 4.63. The normalized spacial score (nSPS) is 19.9. The Kier molecular flexibility index (Phi) is 4.81. The number of nitrogens with zero attached hydrogens (tertiary/aromatic N) is 2. The van der Waals surface area contributed by atoms with E-state index in [0.717, 1.165) is 31.9 Å². The van der Waals surface area contributed by atoms with Crippen molar-refractivity contribution in [2.45, 2.75) is 32.8 Å². The van der Waals surface area contributed by atoms with Crippen molar-refractivity contribution in [1.82, 2.24) is 4.98 Å². The maximum absolute atomic E-state index is 5.73. The van der Waals surface area contributed by atoms with Crippen molar-refractivity contribution in [3.8, 4) is 0 Å². The van der Waals surface area contributed by atoms with Gasteiger partial charge in [0, 0.05) is 26.2 Å². The molecule has 1 atom stereocenters. The van der Waals surface area contributed by atoms with Crippen LogP contribution in [0.1, 0.15) is 26.7 Å². The van der Waals surface area contributed by atoms with E-state index in [-0.39, 0.29) is 0 Å². The SMILES string of the molecule is CCNc1cncc(N2CCCC(OCC)C2)c1. The largest absolute Gasteiger partial charge is 0.384 e. The molecule has 1 fully saturated rings. The third-order valence-corrected chi connectivity index (χ3v) is 3.25. The Morgan fingerprint density at radius 3 is 3.11 bits per heavy atom. The third kappa shape index (κ3) is 3.35. The highest BCUT2D eigenvalue weighted by molar-refractivity contribution is 5.55. The van der Waals surface area contributed by atoms with Gasteiger partial charge in [-0.05, 0) is 32.8 Å². The standard InChI is InChI=1S/C14H23N3O/c1-3-16-12-8-13(10-15-9-12)17-7-5-6-14(11-17)18-4-2/h8-10,14,16H,3-7,11H2,1-2H3. The van der Waals surface area contributed by atoms with Crippen molar-refractivity contribution in [3.05, 3.63) is 18.5 Å². The highest BCUT2D eigenvalue weighted by Crippen LogP contribution is 2.23. The topological polar surface area (TPSA) is 37.4 Å². The first kappa shape index (κ1) is 13.1. The van der Waals surface area contributed by atoms with Gasteiger partial charge in [0.1, 0.15) is 0 Å². The molecule has 0 aromatic carbocycles. The Bertz CT molecular complexity index is 368. The fourth-order valence-electron chi connectivity index (χ4n) is 2.45. The summed E-state index contributed by atoms with van der Waals surface area (Å²) in [6, 6.07) is 2.17. The molecule has 2 heterocycles.